The number of hydrogen-bond acceptors (Lipinski definition) is 8. The molecular weight excluding hydrogens is 310 g/mol. The third-order valence-electron chi connectivity index (χ3n) is 2.61. The zero-order valence-electron chi connectivity index (χ0n) is 12.6. The van der Waals surface area contributed by atoms with Crippen LogP contribution in [0.1, 0.15) is 12.5 Å². The summed E-state index contributed by atoms with van der Waals surface area (Å²) in [6, 6.07) is 8.38. The van der Waals surface area contributed by atoms with Gasteiger partial charge in [0.2, 0.25) is 0 Å². The Morgan fingerprint density at radius 3 is 2.22 bits per heavy atom. The summed E-state index contributed by atoms with van der Waals surface area (Å²) in [4.78, 5) is 34.7. The molecule has 126 valence electrons. The molecule has 23 heavy (non-hydrogen) atoms. The molecule has 0 spiro atoms. The lowest BCUT2D eigenvalue weighted by Gasteiger charge is -2.28. The van der Waals surface area contributed by atoms with Crippen molar-refractivity contribution in [3.8, 4) is 0 Å². The van der Waals surface area contributed by atoms with Crippen LogP contribution in [0.25, 0.3) is 0 Å². The molecule has 0 radical (unpaired) electrons. The number of carbonyl (C=O) groups excluding carboxylic acids is 3. The lowest BCUT2D eigenvalue weighted by Crippen LogP contribution is -2.60. The number of nitrogens with zero attached hydrogens (tertiary/aromatic N) is 1. The normalized spacial score (nSPS) is 10.6. The Hall–Kier alpha value is -2.65. The maximum absolute atomic E-state index is 11.8. The summed E-state index contributed by atoms with van der Waals surface area (Å²) in [6.07, 6.45) is -2.97. The number of imide groups is 1. The smallest absolute Gasteiger partial charge is 0.424 e. The largest absolute Gasteiger partial charge is 0.455 e. The van der Waals surface area contributed by atoms with E-state index in [0.717, 1.165) is 7.11 Å². The van der Waals surface area contributed by atoms with Crippen LogP contribution in [0, 0.1) is 0 Å². The van der Waals surface area contributed by atoms with Gasteiger partial charge in [-0.1, -0.05) is 30.3 Å². The molecule has 1 rings (SSSR count). The van der Waals surface area contributed by atoms with Crippen molar-refractivity contribution >= 4 is 18.2 Å². The van der Waals surface area contributed by atoms with Crippen LogP contribution >= 0.6 is 0 Å². The molecule has 1 aromatic rings. The second-order valence-corrected chi connectivity index (χ2v) is 4.20. The Bertz CT molecular complexity index is 557. The molecule has 1 aromatic carbocycles. The van der Waals surface area contributed by atoms with E-state index in [-0.39, 0.29) is 18.1 Å². The zero-order chi connectivity index (χ0) is 17.5. The minimum Gasteiger partial charge on any atom is -0.455 e. The molecule has 0 heterocycles. The highest BCUT2D eigenvalue weighted by molar-refractivity contribution is 5.94. The lowest BCUT2D eigenvalue weighted by molar-refractivity contribution is -0.250. The van der Waals surface area contributed by atoms with E-state index in [1.54, 1.807) is 30.3 Å². The fraction of sp³-hybridized carbons (Fsp3) is 0.357. The molecule has 0 saturated heterocycles. The predicted octanol–water partition coefficient (Wildman–Crippen LogP) is 0.593. The first-order valence-corrected chi connectivity index (χ1v) is 6.55. The molecule has 9 heteroatoms. The standard InChI is InChI=1S/C14H17NO8/c1-3-22-13(18)15(12(17)21-2)14(19,20)11(16)23-9-10-7-5-4-6-8-10/h4-8,19-20H,3,9H2,1-2H3. The zero-order valence-corrected chi connectivity index (χ0v) is 12.6. The Kier molecular flexibility index (Phi) is 6.49. The number of aliphatic hydroxyl groups is 2. The lowest BCUT2D eigenvalue weighted by atomic mass is 10.2. The Labute approximate surface area is 132 Å². The summed E-state index contributed by atoms with van der Waals surface area (Å²) in [5.74, 6) is -5.21. The number of hydrogen-bond donors (Lipinski definition) is 2. The Morgan fingerprint density at radius 2 is 1.70 bits per heavy atom. The maximum atomic E-state index is 11.8. The quantitative estimate of drug-likeness (QED) is 0.458. The average Bonchev–Trinajstić information content (AvgIpc) is 2.53. The van der Waals surface area contributed by atoms with Gasteiger partial charge < -0.3 is 24.4 Å². The maximum Gasteiger partial charge on any atom is 0.424 e. The fourth-order valence-corrected chi connectivity index (χ4v) is 1.52. The molecule has 0 atom stereocenters. The van der Waals surface area contributed by atoms with Crippen LogP contribution in [0.4, 0.5) is 9.59 Å². The van der Waals surface area contributed by atoms with Crippen LogP contribution in [0.15, 0.2) is 30.3 Å². The highest BCUT2D eigenvalue weighted by atomic mass is 16.6. The molecule has 2 amide bonds. The minimum atomic E-state index is -3.58. The van der Waals surface area contributed by atoms with Gasteiger partial charge in [-0.3, -0.25) is 0 Å². The van der Waals surface area contributed by atoms with Crippen molar-refractivity contribution in [1.29, 1.82) is 0 Å². The molecule has 0 fully saturated rings. The monoisotopic (exact) mass is 327 g/mol. The number of methoxy groups -OCH3 is 1. The Balaban J connectivity index is 2.87. The number of carbonyl (C=O) groups is 3. The molecule has 0 aliphatic carbocycles. The van der Waals surface area contributed by atoms with Crippen molar-refractivity contribution in [3.63, 3.8) is 0 Å². The minimum absolute atomic E-state index is 0.165. The first-order valence-electron chi connectivity index (χ1n) is 6.55. The van der Waals surface area contributed by atoms with Crippen LogP contribution in [-0.2, 0) is 25.6 Å². The van der Waals surface area contributed by atoms with Gasteiger partial charge in [-0.05, 0) is 12.5 Å². The van der Waals surface area contributed by atoms with E-state index >= 15 is 0 Å². The van der Waals surface area contributed by atoms with Crippen LogP contribution in [0.5, 0.6) is 0 Å². The average molecular weight is 327 g/mol. The number of ether oxygens (including phenoxy) is 3. The molecule has 0 aromatic heterocycles. The van der Waals surface area contributed by atoms with E-state index in [1.807, 2.05) is 0 Å². The molecule has 2 N–H and O–H groups in total. The Morgan fingerprint density at radius 1 is 1.09 bits per heavy atom. The van der Waals surface area contributed by atoms with Gasteiger partial charge in [-0.2, -0.15) is 0 Å². The molecule has 0 bridgehead atoms. The highest BCUT2D eigenvalue weighted by Crippen LogP contribution is 2.15. The van der Waals surface area contributed by atoms with Crippen molar-refractivity contribution in [3.05, 3.63) is 35.9 Å². The number of amides is 2. The van der Waals surface area contributed by atoms with Crippen LogP contribution < -0.4 is 0 Å². The molecule has 0 saturated carbocycles. The highest BCUT2D eigenvalue weighted by Gasteiger charge is 2.51. The van der Waals surface area contributed by atoms with Crippen molar-refractivity contribution < 1.29 is 38.8 Å². The van der Waals surface area contributed by atoms with Gasteiger partial charge in [0.15, 0.2) is 0 Å². The van der Waals surface area contributed by atoms with Crippen molar-refractivity contribution in [2.75, 3.05) is 13.7 Å². The second kappa shape index (κ2) is 8.11. The SMILES string of the molecule is CCOC(=O)N(C(=O)OC)C(O)(O)C(=O)OCc1ccccc1. The summed E-state index contributed by atoms with van der Waals surface area (Å²) < 4.78 is 13.4. The summed E-state index contributed by atoms with van der Waals surface area (Å²) in [5.41, 5.74) is 0.567. The third kappa shape index (κ3) is 4.66. The summed E-state index contributed by atoms with van der Waals surface area (Å²) in [6.45, 7) is 0.972. The van der Waals surface area contributed by atoms with E-state index in [2.05, 4.69) is 9.47 Å². The fourth-order valence-electron chi connectivity index (χ4n) is 1.52. The van der Waals surface area contributed by atoms with E-state index in [0.29, 0.717) is 5.56 Å². The van der Waals surface area contributed by atoms with E-state index < -0.39 is 24.1 Å². The van der Waals surface area contributed by atoms with Crippen molar-refractivity contribution in [2.45, 2.75) is 19.4 Å². The molecule has 0 unspecified atom stereocenters. The van der Waals surface area contributed by atoms with Gasteiger partial charge >= 0.3 is 24.1 Å². The topological polar surface area (TPSA) is 123 Å². The van der Waals surface area contributed by atoms with Gasteiger partial charge in [0.25, 0.3) is 0 Å². The van der Waals surface area contributed by atoms with Crippen LogP contribution in [0.3, 0.4) is 0 Å². The first kappa shape index (κ1) is 18.4. The van der Waals surface area contributed by atoms with E-state index in [1.165, 1.54) is 6.92 Å². The molecule has 0 aliphatic heterocycles. The number of rotatable bonds is 5. The molecule has 0 aliphatic rings. The van der Waals surface area contributed by atoms with Crippen LogP contribution in [-0.4, -0.2) is 52.9 Å². The molecular formula is C14H17NO8. The summed E-state index contributed by atoms with van der Waals surface area (Å²) >= 11 is 0. The molecule has 9 nitrogen and oxygen atoms in total. The van der Waals surface area contributed by atoms with E-state index in [4.69, 9.17) is 4.74 Å². The second-order valence-electron chi connectivity index (χ2n) is 4.20. The van der Waals surface area contributed by atoms with Gasteiger partial charge in [-0.25, -0.2) is 14.4 Å². The summed E-state index contributed by atoms with van der Waals surface area (Å²) in [7, 11) is 0.889. The number of benzene rings is 1. The van der Waals surface area contributed by atoms with Gasteiger partial charge in [0.1, 0.15) is 6.61 Å². The van der Waals surface area contributed by atoms with Gasteiger partial charge in [0.05, 0.1) is 13.7 Å². The summed E-state index contributed by atoms with van der Waals surface area (Å²) in [5, 5.41) is 19.6. The van der Waals surface area contributed by atoms with E-state index in [9.17, 15) is 24.6 Å². The van der Waals surface area contributed by atoms with Gasteiger partial charge in [-0.15, -0.1) is 4.90 Å². The third-order valence-corrected chi connectivity index (χ3v) is 2.61. The number of esters is 1. The van der Waals surface area contributed by atoms with Gasteiger partial charge in [0, 0.05) is 0 Å². The van der Waals surface area contributed by atoms with Crippen LogP contribution in [0.2, 0.25) is 0 Å². The van der Waals surface area contributed by atoms with Crippen molar-refractivity contribution in [1.82, 2.24) is 4.90 Å². The predicted molar refractivity (Wildman–Crippen MR) is 74.7 cm³/mol. The van der Waals surface area contributed by atoms with Crippen molar-refractivity contribution in [2.24, 2.45) is 0 Å². The first-order chi connectivity index (χ1) is 10.8.